The molecule has 0 saturated heterocycles. The lowest BCUT2D eigenvalue weighted by molar-refractivity contribution is 0.602. The summed E-state index contributed by atoms with van der Waals surface area (Å²) in [6.07, 6.45) is 3.27. The maximum Gasteiger partial charge on any atom is 0.165 e. The van der Waals surface area contributed by atoms with Crippen LogP contribution in [0.1, 0.15) is 19.4 Å². The second-order valence-electron chi connectivity index (χ2n) is 5.93. The van der Waals surface area contributed by atoms with E-state index in [0.717, 1.165) is 35.6 Å². The van der Waals surface area contributed by atoms with Crippen molar-refractivity contribution in [3.8, 4) is 0 Å². The van der Waals surface area contributed by atoms with Crippen LogP contribution in [0.25, 0.3) is 11.2 Å². The number of halogens is 1. The molecule has 7 heteroatoms. The van der Waals surface area contributed by atoms with E-state index >= 15 is 0 Å². The molecule has 0 spiro atoms. The molecule has 0 unspecified atom stereocenters. The Balaban J connectivity index is 1.74. The summed E-state index contributed by atoms with van der Waals surface area (Å²) in [6.45, 7) is 6.41. The Bertz CT molecular complexity index is 796. The number of hydrogen-bond donors (Lipinski definition) is 2. The smallest absolute Gasteiger partial charge is 0.165 e. The van der Waals surface area contributed by atoms with Gasteiger partial charge in [-0.3, -0.25) is 0 Å². The van der Waals surface area contributed by atoms with Crippen molar-refractivity contribution in [1.29, 1.82) is 0 Å². The maximum atomic E-state index is 13.0. The highest BCUT2D eigenvalue weighted by Crippen LogP contribution is 2.18. The summed E-state index contributed by atoms with van der Waals surface area (Å²) in [5, 5.41) is 6.63. The summed E-state index contributed by atoms with van der Waals surface area (Å²) in [4.78, 5) is 13.0. The molecule has 2 heterocycles. The van der Waals surface area contributed by atoms with Crippen LogP contribution in [-0.2, 0) is 6.54 Å². The lowest BCUT2D eigenvalue weighted by Crippen LogP contribution is -2.28. The van der Waals surface area contributed by atoms with E-state index in [-0.39, 0.29) is 5.82 Å². The number of fused-ring (bicyclic) bond motifs is 1. The van der Waals surface area contributed by atoms with Gasteiger partial charge in [0.25, 0.3) is 0 Å². The number of nitrogens with zero attached hydrogens (tertiary/aromatic N) is 4. The molecule has 3 rings (SSSR count). The standard InChI is InChI=1S/C17H21FN6/c1-12(2)19-7-8-20-16-15-17(22-10-21-16)24(11-23-15)9-13-3-5-14(18)6-4-13/h3-6,10-12,19H,7-9H2,1-2H3,(H,20,21,22). The molecule has 0 amide bonds. The monoisotopic (exact) mass is 328 g/mol. The SMILES string of the molecule is CC(C)NCCNc1ncnc2c1ncn2Cc1ccc(F)cc1. The minimum Gasteiger partial charge on any atom is -0.367 e. The second kappa shape index (κ2) is 7.35. The third-order valence-electron chi connectivity index (χ3n) is 3.64. The van der Waals surface area contributed by atoms with Gasteiger partial charge in [-0.05, 0) is 17.7 Å². The molecule has 2 N–H and O–H groups in total. The van der Waals surface area contributed by atoms with Crippen molar-refractivity contribution in [1.82, 2.24) is 24.8 Å². The molecular formula is C17H21FN6. The molecule has 0 fully saturated rings. The van der Waals surface area contributed by atoms with Crippen LogP contribution in [0.3, 0.4) is 0 Å². The first kappa shape index (κ1) is 16.3. The van der Waals surface area contributed by atoms with Crippen LogP contribution in [0, 0.1) is 5.82 Å². The first-order valence-corrected chi connectivity index (χ1v) is 8.01. The van der Waals surface area contributed by atoms with Crippen LogP contribution in [0.15, 0.2) is 36.9 Å². The molecule has 0 aliphatic heterocycles. The molecule has 3 aromatic rings. The highest BCUT2D eigenvalue weighted by atomic mass is 19.1. The Morgan fingerprint density at radius 1 is 1.08 bits per heavy atom. The van der Waals surface area contributed by atoms with E-state index < -0.39 is 0 Å². The van der Waals surface area contributed by atoms with E-state index in [2.05, 4.69) is 39.4 Å². The van der Waals surface area contributed by atoms with Crippen molar-refractivity contribution >= 4 is 17.0 Å². The van der Waals surface area contributed by atoms with E-state index in [1.165, 1.54) is 18.5 Å². The van der Waals surface area contributed by atoms with Gasteiger partial charge in [-0.2, -0.15) is 0 Å². The summed E-state index contributed by atoms with van der Waals surface area (Å²) >= 11 is 0. The number of hydrogen-bond acceptors (Lipinski definition) is 5. The predicted molar refractivity (Wildman–Crippen MR) is 92.5 cm³/mol. The van der Waals surface area contributed by atoms with E-state index in [1.54, 1.807) is 18.5 Å². The molecule has 1 aromatic carbocycles. The third kappa shape index (κ3) is 3.86. The van der Waals surface area contributed by atoms with Crippen molar-refractivity contribution in [2.75, 3.05) is 18.4 Å². The van der Waals surface area contributed by atoms with E-state index in [4.69, 9.17) is 0 Å². The minimum absolute atomic E-state index is 0.238. The van der Waals surface area contributed by atoms with Crippen molar-refractivity contribution in [2.45, 2.75) is 26.4 Å². The number of benzene rings is 1. The van der Waals surface area contributed by atoms with E-state index in [0.29, 0.717) is 12.6 Å². The molecule has 0 saturated carbocycles. The number of nitrogens with one attached hydrogen (secondary N) is 2. The fourth-order valence-electron chi connectivity index (χ4n) is 2.45. The lowest BCUT2D eigenvalue weighted by atomic mass is 10.2. The Morgan fingerprint density at radius 2 is 1.88 bits per heavy atom. The summed E-state index contributed by atoms with van der Waals surface area (Å²) in [6, 6.07) is 6.89. The number of anilines is 1. The van der Waals surface area contributed by atoms with E-state index in [1.807, 2.05) is 4.57 Å². The first-order chi connectivity index (χ1) is 11.6. The van der Waals surface area contributed by atoms with Crippen LogP contribution < -0.4 is 10.6 Å². The summed E-state index contributed by atoms with van der Waals surface area (Å²) in [7, 11) is 0. The predicted octanol–water partition coefficient (Wildman–Crippen LogP) is 2.42. The number of rotatable bonds is 7. The van der Waals surface area contributed by atoms with Crippen molar-refractivity contribution in [2.24, 2.45) is 0 Å². The molecular weight excluding hydrogens is 307 g/mol. The zero-order valence-corrected chi connectivity index (χ0v) is 13.8. The molecule has 2 aromatic heterocycles. The van der Waals surface area contributed by atoms with Gasteiger partial charge >= 0.3 is 0 Å². The fourth-order valence-corrected chi connectivity index (χ4v) is 2.45. The van der Waals surface area contributed by atoms with Crippen molar-refractivity contribution in [3.63, 3.8) is 0 Å². The maximum absolute atomic E-state index is 13.0. The Hall–Kier alpha value is -2.54. The van der Waals surface area contributed by atoms with Crippen LogP contribution in [0.5, 0.6) is 0 Å². The van der Waals surface area contributed by atoms with Crippen molar-refractivity contribution in [3.05, 3.63) is 48.3 Å². The molecule has 0 aliphatic carbocycles. The molecule has 0 radical (unpaired) electrons. The zero-order chi connectivity index (χ0) is 16.9. The highest BCUT2D eigenvalue weighted by molar-refractivity contribution is 5.82. The van der Waals surface area contributed by atoms with E-state index in [9.17, 15) is 4.39 Å². The van der Waals surface area contributed by atoms with Gasteiger partial charge in [-0.1, -0.05) is 26.0 Å². The van der Waals surface area contributed by atoms with Crippen LogP contribution in [0.4, 0.5) is 10.2 Å². The minimum atomic E-state index is -0.238. The van der Waals surface area contributed by atoms with Gasteiger partial charge in [0.05, 0.1) is 12.9 Å². The lowest BCUT2D eigenvalue weighted by Gasteiger charge is -2.09. The molecule has 24 heavy (non-hydrogen) atoms. The highest BCUT2D eigenvalue weighted by Gasteiger charge is 2.10. The van der Waals surface area contributed by atoms with Crippen molar-refractivity contribution < 1.29 is 4.39 Å². The van der Waals surface area contributed by atoms with Crippen LogP contribution in [0.2, 0.25) is 0 Å². The molecule has 6 nitrogen and oxygen atoms in total. The van der Waals surface area contributed by atoms with Crippen LogP contribution in [-0.4, -0.2) is 38.7 Å². The zero-order valence-electron chi connectivity index (χ0n) is 13.8. The van der Waals surface area contributed by atoms with Crippen LogP contribution >= 0.6 is 0 Å². The first-order valence-electron chi connectivity index (χ1n) is 8.01. The quantitative estimate of drug-likeness (QED) is 0.652. The van der Waals surface area contributed by atoms with Gasteiger partial charge in [0.2, 0.25) is 0 Å². The second-order valence-corrected chi connectivity index (χ2v) is 5.93. The molecule has 126 valence electrons. The van der Waals surface area contributed by atoms with Gasteiger partial charge in [0.15, 0.2) is 11.5 Å². The summed E-state index contributed by atoms with van der Waals surface area (Å²) in [5.41, 5.74) is 2.49. The Labute approximate surface area is 140 Å². The topological polar surface area (TPSA) is 67.7 Å². The average molecular weight is 328 g/mol. The fraction of sp³-hybridized carbons (Fsp3) is 0.353. The largest absolute Gasteiger partial charge is 0.367 e. The summed E-state index contributed by atoms with van der Waals surface area (Å²) < 4.78 is 14.9. The average Bonchev–Trinajstić information content (AvgIpc) is 2.97. The summed E-state index contributed by atoms with van der Waals surface area (Å²) in [5.74, 6) is 0.487. The number of aromatic nitrogens is 4. The third-order valence-corrected chi connectivity index (χ3v) is 3.64. The molecule has 0 bridgehead atoms. The van der Waals surface area contributed by atoms with Gasteiger partial charge in [-0.15, -0.1) is 0 Å². The molecule has 0 atom stereocenters. The Morgan fingerprint density at radius 3 is 2.62 bits per heavy atom. The molecule has 0 aliphatic rings. The number of imidazole rings is 1. The normalized spacial score (nSPS) is 11.3. The van der Waals surface area contributed by atoms with Gasteiger partial charge in [0.1, 0.15) is 17.7 Å². The van der Waals surface area contributed by atoms with Gasteiger partial charge < -0.3 is 15.2 Å². The Kier molecular flexibility index (Phi) is 5.00. The van der Waals surface area contributed by atoms with Gasteiger partial charge in [-0.25, -0.2) is 19.3 Å². The van der Waals surface area contributed by atoms with Gasteiger partial charge in [0, 0.05) is 19.1 Å².